The van der Waals surface area contributed by atoms with Crippen LogP contribution in [-0.4, -0.2) is 71.4 Å². The summed E-state index contributed by atoms with van der Waals surface area (Å²) in [4.78, 5) is 49.5. The number of hydrogen-bond donors (Lipinski definition) is 2. The van der Waals surface area contributed by atoms with Crippen LogP contribution in [0.1, 0.15) is 44.9 Å². The lowest BCUT2D eigenvalue weighted by molar-refractivity contribution is -0.158. The van der Waals surface area contributed by atoms with E-state index in [0.717, 1.165) is 4.57 Å². The normalized spacial score (nSPS) is 22.6. The van der Waals surface area contributed by atoms with Crippen LogP contribution in [0.5, 0.6) is 0 Å². The molecule has 1 saturated heterocycles. The molecule has 0 radical (unpaired) electrons. The Morgan fingerprint density at radius 3 is 2.38 bits per heavy atom. The number of H-pyrrole nitrogens is 1. The molecule has 2 N–H and O–H groups in total. The van der Waals surface area contributed by atoms with Gasteiger partial charge in [0.2, 0.25) is 0 Å². The van der Waals surface area contributed by atoms with Gasteiger partial charge in [0.1, 0.15) is 12.2 Å². The van der Waals surface area contributed by atoms with Crippen molar-refractivity contribution >= 4 is 19.5 Å². The van der Waals surface area contributed by atoms with Gasteiger partial charge in [0.05, 0.1) is 32.2 Å². The number of methoxy groups -OCH3 is 1. The highest BCUT2D eigenvalue weighted by Gasteiger charge is 2.49. The second kappa shape index (κ2) is 12.4. The minimum absolute atomic E-state index is 0.0571. The van der Waals surface area contributed by atoms with Gasteiger partial charge in [-0.05, 0) is 27.2 Å². The molecule has 2 heterocycles. The zero-order chi connectivity index (χ0) is 25.5. The molecule has 1 aromatic rings. The first-order valence-electron chi connectivity index (χ1n) is 10.8. The summed E-state index contributed by atoms with van der Waals surface area (Å²) in [5.74, 6) is -1.96. The largest absolute Gasteiger partial charge is 0.481 e. The van der Waals surface area contributed by atoms with Gasteiger partial charge in [-0.2, -0.15) is 0 Å². The average molecular weight is 506 g/mol. The highest BCUT2D eigenvalue weighted by Crippen LogP contribution is 2.50. The van der Waals surface area contributed by atoms with Crippen molar-refractivity contribution in [1.82, 2.24) is 9.55 Å². The van der Waals surface area contributed by atoms with Crippen LogP contribution in [0.2, 0.25) is 0 Å². The molecule has 2 rings (SSSR count). The van der Waals surface area contributed by atoms with Crippen LogP contribution in [0.15, 0.2) is 15.8 Å². The fourth-order valence-electron chi connectivity index (χ4n) is 3.60. The number of nitrogens with one attached hydrogen (secondary N) is 1. The number of aliphatic carboxylic acids is 1. The first kappa shape index (κ1) is 27.9. The molecule has 0 aliphatic carbocycles. The van der Waals surface area contributed by atoms with Crippen LogP contribution in [-0.2, 0) is 37.4 Å². The molecule has 1 aliphatic heterocycles. The second-order valence-corrected chi connectivity index (χ2v) is 9.74. The van der Waals surface area contributed by atoms with Gasteiger partial charge in [0.15, 0.2) is 12.3 Å². The van der Waals surface area contributed by atoms with Crippen molar-refractivity contribution in [1.29, 1.82) is 0 Å². The zero-order valence-corrected chi connectivity index (χ0v) is 20.4. The summed E-state index contributed by atoms with van der Waals surface area (Å²) in [6.45, 7) is 5.17. The van der Waals surface area contributed by atoms with Crippen LogP contribution in [0.4, 0.5) is 0 Å². The summed E-state index contributed by atoms with van der Waals surface area (Å²) in [5.41, 5.74) is -1.07. The summed E-state index contributed by atoms with van der Waals surface area (Å²) in [6.07, 6.45) is -3.55. The van der Waals surface area contributed by atoms with Crippen LogP contribution >= 0.6 is 7.60 Å². The maximum Gasteiger partial charge on any atom is 0.330 e. The lowest BCUT2D eigenvalue weighted by Gasteiger charge is -2.24. The van der Waals surface area contributed by atoms with Crippen molar-refractivity contribution in [2.75, 3.05) is 26.5 Å². The molecule has 192 valence electrons. The van der Waals surface area contributed by atoms with E-state index in [1.165, 1.54) is 20.2 Å². The van der Waals surface area contributed by atoms with Crippen LogP contribution in [0.3, 0.4) is 0 Å². The molecule has 13 nitrogen and oxygen atoms in total. The predicted molar refractivity (Wildman–Crippen MR) is 118 cm³/mol. The number of esters is 1. The van der Waals surface area contributed by atoms with Crippen molar-refractivity contribution in [3.63, 3.8) is 0 Å². The highest BCUT2D eigenvalue weighted by molar-refractivity contribution is 7.53. The molecule has 0 saturated carbocycles. The van der Waals surface area contributed by atoms with Crippen molar-refractivity contribution in [3.05, 3.63) is 32.6 Å². The Morgan fingerprint density at radius 1 is 1.18 bits per heavy atom. The molecule has 34 heavy (non-hydrogen) atoms. The fourth-order valence-corrected chi connectivity index (χ4v) is 5.29. The molecular weight excluding hydrogens is 475 g/mol. The Bertz CT molecular complexity index is 1010. The van der Waals surface area contributed by atoms with Gasteiger partial charge in [-0.25, -0.2) is 4.79 Å². The summed E-state index contributed by atoms with van der Waals surface area (Å²) in [5, 5.41) is 8.83. The lowest BCUT2D eigenvalue weighted by Crippen LogP contribution is -2.41. The van der Waals surface area contributed by atoms with Gasteiger partial charge >= 0.3 is 25.2 Å². The molecule has 1 aliphatic rings. The zero-order valence-electron chi connectivity index (χ0n) is 19.6. The van der Waals surface area contributed by atoms with Gasteiger partial charge in [0.25, 0.3) is 5.56 Å². The molecule has 0 amide bonds. The van der Waals surface area contributed by atoms with Gasteiger partial charge in [-0.1, -0.05) is 0 Å². The minimum atomic E-state index is -3.46. The number of aromatic nitrogens is 2. The molecule has 14 heteroatoms. The molecule has 0 bridgehead atoms. The molecule has 0 aromatic carbocycles. The second-order valence-electron chi connectivity index (χ2n) is 7.55. The molecular formula is C20H31N2O11P. The van der Waals surface area contributed by atoms with Crippen LogP contribution in [0, 0.1) is 6.92 Å². The third-order valence-electron chi connectivity index (χ3n) is 5.13. The topological polar surface area (TPSA) is 172 Å². The number of ether oxygens (including phenoxy) is 3. The monoisotopic (exact) mass is 506 g/mol. The van der Waals surface area contributed by atoms with Crippen molar-refractivity contribution in [2.24, 2.45) is 0 Å². The summed E-state index contributed by atoms with van der Waals surface area (Å²) in [7, 11) is -2.13. The Balaban J connectivity index is 2.35. The average Bonchev–Trinajstić information content (AvgIpc) is 3.10. The number of nitrogens with zero attached hydrogens (tertiary/aromatic N) is 1. The van der Waals surface area contributed by atoms with Gasteiger partial charge in [0, 0.05) is 18.9 Å². The van der Waals surface area contributed by atoms with Gasteiger partial charge in [-0.15, -0.1) is 0 Å². The fraction of sp³-hybridized carbons (Fsp3) is 0.700. The summed E-state index contributed by atoms with van der Waals surface area (Å²) >= 11 is 0. The minimum Gasteiger partial charge on any atom is -0.481 e. The summed E-state index contributed by atoms with van der Waals surface area (Å²) in [6, 6.07) is 0. The number of aryl methyl sites for hydroxylation is 1. The predicted octanol–water partition coefficient (Wildman–Crippen LogP) is 1.19. The lowest BCUT2D eigenvalue weighted by atomic mass is 10.1. The number of carbonyl (C=O) groups excluding carboxylic acids is 1. The van der Waals surface area contributed by atoms with E-state index in [-0.39, 0.29) is 37.8 Å². The van der Waals surface area contributed by atoms with Crippen molar-refractivity contribution in [3.8, 4) is 0 Å². The van der Waals surface area contributed by atoms with E-state index >= 15 is 0 Å². The number of rotatable bonds is 13. The number of hydrogen-bond acceptors (Lipinski definition) is 10. The first-order valence-corrected chi connectivity index (χ1v) is 12.6. The maximum absolute atomic E-state index is 12.9. The Kier molecular flexibility index (Phi) is 10.2. The molecule has 1 aromatic heterocycles. The van der Waals surface area contributed by atoms with Gasteiger partial charge < -0.3 is 28.4 Å². The van der Waals surface area contributed by atoms with Crippen LogP contribution in [0.25, 0.3) is 0 Å². The maximum atomic E-state index is 12.9. The van der Waals surface area contributed by atoms with E-state index in [9.17, 15) is 23.7 Å². The van der Waals surface area contributed by atoms with E-state index < -0.39 is 61.7 Å². The third kappa shape index (κ3) is 7.09. The summed E-state index contributed by atoms with van der Waals surface area (Å²) < 4.78 is 41.6. The first-order chi connectivity index (χ1) is 16.0. The van der Waals surface area contributed by atoms with E-state index in [4.69, 9.17) is 28.4 Å². The number of carboxylic acids is 1. The van der Waals surface area contributed by atoms with Crippen molar-refractivity contribution < 1.29 is 42.5 Å². The number of aromatic amines is 1. The molecule has 2 unspecified atom stereocenters. The molecule has 4 atom stereocenters. The van der Waals surface area contributed by atoms with Crippen LogP contribution < -0.4 is 11.2 Å². The quantitative estimate of drug-likeness (QED) is 0.291. The highest BCUT2D eigenvalue weighted by atomic mass is 31.2. The Morgan fingerprint density at radius 2 is 1.82 bits per heavy atom. The number of carboxylic acid groups (broad SMARTS) is 1. The third-order valence-corrected chi connectivity index (χ3v) is 7.24. The number of carbonyl (C=O) groups is 2. The van der Waals surface area contributed by atoms with E-state index in [2.05, 4.69) is 4.98 Å². The SMILES string of the molecule is CCOP(=O)(CCC1OC(n2cc(C)c(=O)[nH]c2=O)[C@H](OC)[C@@H]1OC(=O)CCC(=O)O)OCC. The smallest absolute Gasteiger partial charge is 0.330 e. The molecule has 1 fully saturated rings. The van der Waals surface area contributed by atoms with Crippen molar-refractivity contribution in [2.45, 2.75) is 64.6 Å². The van der Waals surface area contributed by atoms with E-state index in [0.29, 0.717) is 0 Å². The van der Waals surface area contributed by atoms with E-state index in [1.807, 2.05) is 0 Å². The van der Waals surface area contributed by atoms with E-state index in [1.54, 1.807) is 13.8 Å². The van der Waals surface area contributed by atoms with Gasteiger partial charge in [-0.3, -0.25) is 28.5 Å². The Hall–Kier alpha value is -2.31. The molecule has 0 spiro atoms. The Labute approximate surface area is 195 Å². The standard InChI is InChI=1S/C20H31N2O11P/c1-5-30-34(28,31-6-2)10-9-13-16(33-15(25)8-7-14(23)24)17(29-4)19(32-13)22-11-12(3)18(26)21-20(22)27/h11,13,16-17,19H,5-10H2,1-4H3,(H,23,24)(H,21,26,27)/t13?,16-,17-,19?/m1/s1.